The van der Waals surface area contributed by atoms with Crippen LogP contribution in [-0.4, -0.2) is 25.3 Å². The quantitative estimate of drug-likeness (QED) is 0.752. The molecule has 92 valence electrons. The number of rotatable bonds is 5. The van der Waals surface area contributed by atoms with Crippen molar-refractivity contribution in [3.63, 3.8) is 0 Å². The molecule has 0 unspecified atom stereocenters. The summed E-state index contributed by atoms with van der Waals surface area (Å²) in [6.07, 6.45) is 0.236. The summed E-state index contributed by atoms with van der Waals surface area (Å²) in [6.45, 7) is 1.65. The zero-order valence-corrected chi connectivity index (χ0v) is 9.95. The summed E-state index contributed by atoms with van der Waals surface area (Å²) in [7, 11) is 1.48. The number of carbonyl (C=O) groups excluding carboxylic acids is 2. The second-order valence-corrected chi connectivity index (χ2v) is 3.53. The van der Waals surface area contributed by atoms with Crippen LogP contribution in [0, 0.1) is 0 Å². The Morgan fingerprint density at radius 2 is 2.12 bits per heavy atom. The second-order valence-electron chi connectivity index (χ2n) is 3.53. The first-order valence-electron chi connectivity index (χ1n) is 5.28. The summed E-state index contributed by atoms with van der Waals surface area (Å²) in [5.74, 6) is 0.0921. The monoisotopic (exact) mass is 236 g/mol. The third-order valence-corrected chi connectivity index (χ3v) is 2.22. The molecular weight excluding hydrogens is 220 g/mol. The van der Waals surface area contributed by atoms with Gasteiger partial charge in [0.2, 0.25) is 5.91 Å². The van der Waals surface area contributed by atoms with E-state index in [1.807, 2.05) is 0 Å². The molecule has 1 amide bonds. The van der Waals surface area contributed by atoms with Crippen molar-refractivity contribution >= 4 is 17.4 Å². The van der Waals surface area contributed by atoms with Crippen molar-refractivity contribution in [1.82, 2.24) is 0 Å². The predicted octanol–water partition coefficient (Wildman–Crippen LogP) is 1.19. The van der Waals surface area contributed by atoms with Crippen LogP contribution in [0.1, 0.15) is 23.7 Å². The molecule has 0 bridgehead atoms. The van der Waals surface area contributed by atoms with Crippen LogP contribution in [0.4, 0.5) is 5.69 Å². The van der Waals surface area contributed by atoms with Gasteiger partial charge >= 0.3 is 0 Å². The van der Waals surface area contributed by atoms with E-state index in [9.17, 15) is 9.59 Å². The highest BCUT2D eigenvalue weighted by Gasteiger charge is 2.15. The van der Waals surface area contributed by atoms with Crippen LogP contribution in [0.3, 0.4) is 0 Å². The molecule has 5 heteroatoms. The van der Waals surface area contributed by atoms with Gasteiger partial charge in [-0.15, -0.1) is 0 Å². The van der Waals surface area contributed by atoms with Gasteiger partial charge in [0.25, 0.3) is 0 Å². The number of carbonyl (C=O) groups is 2. The summed E-state index contributed by atoms with van der Waals surface area (Å²) >= 11 is 0. The maximum atomic E-state index is 11.8. The van der Waals surface area contributed by atoms with Gasteiger partial charge in [-0.25, -0.2) is 0 Å². The molecule has 3 N–H and O–H groups in total. The van der Waals surface area contributed by atoms with Crippen LogP contribution >= 0.6 is 0 Å². The normalized spacial score (nSPS) is 9.82. The Hall–Kier alpha value is -1.88. The molecule has 5 nitrogen and oxygen atoms in total. The number of methoxy groups -OCH3 is 1. The molecule has 0 saturated heterocycles. The van der Waals surface area contributed by atoms with Crippen molar-refractivity contribution in [1.29, 1.82) is 0 Å². The van der Waals surface area contributed by atoms with Crippen molar-refractivity contribution < 1.29 is 14.3 Å². The van der Waals surface area contributed by atoms with Crippen molar-refractivity contribution in [2.24, 2.45) is 5.73 Å². The predicted molar refractivity (Wildman–Crippen MR) is 65.3 cm³/mol. The molecule has 0 aromatic heterocycles. The van der Waals surface area contributed by atoms with Crippen LogP contribution < -0.4 is 15.8 Å². The molecule has 0 heterocycles. The van der Waals surface area contributed by atoms with Gasteiger partial charge < -0.3 is 15.8 Å². The number of amides is 1. The molecule has 1 aromatic rings. The lowest BCUT2D eigenvalue weighted by atomic mass is 10.1. The van der Waals surface area contributed by atoms with E-state index in [4.69, 9.17) is 10.5 Å². The van der Waals surface area contributed by atoms with Gasteiger partial charge in [-0.2, -0.15) is 0 Å². The summed E-state index contributed by atoms with van der Waals surface area (Å²) < 4.78 is 5.12. The highest BCUT2D eigenvalue weighted by molar-refractivity contribution is 6.06. The number of benzene rings is 1. The second kappa shape index (κ2) is 6.00. The van der Waals surface area contributed by atoms with E-state index in [0.29, 0.717) is 17.0 Å². The Labute approximate surface area is 99.9 Å². The average molecular weight is 236 g/mol. The van der Waals surface area contributed by atoms with Gasteiger partial charge in [0.05, 0.1) is 12.8 Å². The van der Waals surface area contributed by atoms with Crippen molar-refractivity contribution in [3.05, 3.63) is 23.8 Å². The lowest BCUT2D eigenvalue weighted by molar-refractivity contribution is -0.114. The molecule has 0 saturated carbocycles. The Bertz CT molecular complexity index is 430. The molecule has 0 radical (unpaired) electrons. The molecule has 0 aliphatic heterocycles. The van der Waals surface area contributed by atoms with Crippen molar-refractivity contribution in [2.45, 2.75) is 13.3 Å². The van der Waals surface area contributed by atoms with E-state index in [1.165, 1.54) is 14.0 Å². The van der Waals surface area contributed by atoms with Crippen LogP contribution in [0.15, 0.2) is 18.2 Å². The van der Waals surface area contributed by atoms with Gasteiger partial charge in [-0.3, -0.25) is 9.59 Å². The third kappa shape index (κ3) is 3.29. The maximum Gasteiger partial charge on any atom is 0.221 e. The molecule has 0 aliphatic carbocycles. The Balaban J connectivity index is 3.18. The molecule has 0 fully saturated rings. The third-order valence-electron chi connectivity index (χ3n) is 2.22. The number of nitrogens with one attached hydrogen (secondary N) is 1. The van der Waals surface area contributed by atoms with Crippen LogP contribution in [0.2, 0.25) is 0 Å². The summed E-state index contributed by atoms with van der Waals surface area (Å²) in [5, 5.41) is 2.61. The molecule has 1 aromatic carbocycles. The van der Waals surface area contributed by atoms with Crippen molar-refractivity contribution in [3.8, 4) is 5.75 Å². The number of ketones is 1. The Morgan fingerprint density at radius 1 is 1.41 bits per heavy atom. The van der Waals surface area contributed by atoms with Gasteiger partial charge in [-0.1, -0.05) is 6.07 Å². The number of anilines is 1. The number of nitrogens with two attached hydrogens (primary N) is 1. The van der Waals surface area contributed by atoms with E-state index in [2.05, 4.69) is 5.32 Å². The van der Waals surface area contributed by atoms with Gasteiger partial charge in [0.15, 0.2) is 5.78 Å². The molecular formula is C12H16N2O3. The van der Waals surface area contributed by atoms with Gasteiger partial charge in [0, 0.05) is 18.9 Å². The zero-order chi connectivity index (χ0) is 12.8. The minimum absolute atomic E-state index is 0.116. The molecule has 0 spiro atoms. The first kappa shape index (κ1) is 13.2. The van der Waals surface area contributed by atoms with E-state index in [1.54, 1.807) is 18.2 Å². The highest BCUT2D eigenvalue weighted by Crippen LogP contribution is 2.29. The van der Waals surface area contributed by atoms with E-state index in [-0.39, 0.29) is 24.7 Å². The first-order valence-corrected chi connectivity index (χ1v) is 5.28. The van der Waals surface area contributed by atoms with Crippen LogP contribution in [0.25, 0.3) is 0 Å². The first-order chi connectivity index (χ1) is 8.10. The lowest BCUT2D eigenvalue weighted by Crippen LogP contribution is -2.14. The summed E-state index contributed by atoms with van der Waals surface area (Å²) in [5.41, 5.74) is 6.17. The standard InChI is InChI=1S/C12H16N2O3/c1-8(15)14-12-9(10(16)6-7-13)4-3-5-11(12)17-2/h3-5H,6-7,13H2,1-2H3,(H,14,15). The fraction of sp³-hybridized carbons (Fsp3) is 0.333. The topological polar surface area (TPSA) is 81.4 Å². The van der Waals surface area contributed by atoms with Gasteiger partial charge in [-0.05, 0) is 18.7 Å². The maximum absolute atomic E-state index is 11.8. The number of hydrogen-bond donors (Lipinski definition) is 2. The van der Waals surface area contributed by atoms with Crippen molar-refractivity contribution in [2.75, 3.05) is 19.0 Å². The minimum atomic E-state index is -0.253. The van der Waals surface area contributed by atoms with Crippen LogP contribution in [-0.2, 0) is 4.79 Å². The Morgan fingerprint density at radius 3 is 2.65 bits per heavy atom. The fourth-order valence-electron chi connectivity index (χ4n) is 1.50. The molecule has 17 heavy (non-hydrogen) atoms. The molecule has 0 aliphatic rings. The van der Waals surface area contributed by atoms with E-state index < -0.39 is 0 Å². The fourth-order valence-corrected chi connectivity index (χ4v) is 1.50. The molecule has 0 atom stereocenters. The smallest absolute Gasteiger partial charge is 0.221 e. The zero-order valence-electron chi connectivity index (χ0n) is 9.95. The summed E-state index contributed by atoms with van der Waals surface area (Å²) in [6, 6.07) is 5.03. The minimum Gasteiger partial charge on any atom is -0.495 e. The lowest BCUT2D eigenvalue weighted by Gasteiger charge is -2.13. The summed E-state index contributed by atoms with van der Waals surface area (Å²) in [4.78, 5) is 22.9. The number of para-hydroxylation sites is 1. The Kier molecular flexibility index (Phi) is 4.66. The van der Waals surface area contributed by atoms with Gasteiger partial charge in [0.1, 0.15) is 5.75 Å². The SMILES string of the molecule is COc1cccc(C(=O)CCN)c1NC(C)=O. The highest BCUT2D eigenvalue weighted by atomic mass is 16.5. The number of ether oxygens (including phenoxy) is 1. The van der Waals surface area contributed by atoms with Crippen LogP contribution in [0.5, 0.6) is 5.75 Å². The number of hydrogen-bond acceptors (Lipinski definition) is 4. The average Bonchev–Trinajstić information content (AvgIpc) is 2.28. The largest absolute Gasteiger partial charge is 0.495 e. The van der Waals surface area contributed by atoms with E-state index in [0.717, 1.165) is 0 Å². The molecule has 1 rings (SSSR count). The number of Topliss-reactive ketones (excluding diaryl/α,β-unsaturated/α-hetero) is 1. The van der Waals surface area contributed by atoms with E-state index >= 15 is 0 Å².